The smallest absolute Gasteiger partial charge is 0.241 e. The van der Waals surface area contributed by atoms with Crippen molar-refractivity contribution in [3.8, 4) is 0 Å². The number of halogens is 1. The highest BCUT2D eigenvalue weighted by Crippen LogP contribution is 2.26. The van der Waals surface area contributed by atoms with Crippen LogP contribution in [0.4, 0.5) is 5.69 Å². The number of nitrogens with two attached hydrogens (primary N) is 1. The summed E-state index contributed by atoms with van der Waals surface area (Å²) in [7, 11) is -3.71. The monoisotopic (exact) mass is 378 g/mol. The van der Waals surface area contributed by atoms with Gasteiger partial charge in [0.1, 0.15) is 0 Å². The van der Waals surface area contributed by atoms with E-state index in [1.807, 2.05) is 13.8 Å². The van der Waals surface area contributed by atoms with Gasteiger partial charge in [-0.2, -0.15) is 0 Å². The van der Waals surface area contributed by atoms with Crippen molar-refractivity contribution in [2.75, 3.05) is 12.3 Å². The summed E-state index contributed by atoms with van der Waals surface area (Å²) in [5, 5.41) is 10.2. The van der Waals surface area contributed by atoms with Crippen LogP contribution in [-0.2, 0) is 10.0 Å². The molecule has 0 aromatic heterocycles. The molecule has 5 nitrogen and oxygen atoms in total. The van der Waals surface area contributed by atoms with E-state index in [1.165, 1.54) is 6.07 Å². The molecular formula is C14H23BrN2O3S. The molecule has 0 spiro atoms. The first kappa shape index (κ1) is 18.4. The average molecular weight is 379 g/mol. The van der Waals surface area contributed by atoms with E-state index in [2.05, 4.69) is 20.7 Å². The van der Waals surface area contributed by atoms with Crippen LogP contribution in [0.25, 0.3) is 0 Å². The summed E-state index contributed by atoms with van der Waals surface area (Å²) in [4.78, 5) is 0.128. The lowest BCUT2D eigenvalue weighted by molar-refractivity contribution is 0.0436. The van der Waals surface area contributed by atoms with Gasteiger partial charge in [-0.1, -0.05) is 13.8 Å². The Hall–Kier alpha value is -0.630. The Morgan fingerprint density at radius 2 is 2.00 bits per heavy atom. The quantitative estimate of drug-likeness (QED) is 0.662. The molecule has 0 aliphatic heterocycles. The number of anilines is 1. The maximum absolute atomic E-state index is 12.4. The van der Waals surface area contributed by atoms with E-state index in [1.54, 1.807) is 19.9 Å². The number of hydrogen-bond acceptors (Lipinski definition) is 4. The van der Waals surface area contributed by atoms with Gasteiger partial charge >= 0.3 is 0 Å². The van der Waals surface area contributed by atoms with E-state index in [9.17, 15) is 13.5 Å². The van der Waals surface area contributed by atoms with Crippen molar-refractivity contribution >= 4 is 31.6 Å². The molecular weight excluding hydrogens is 356 g/mol. The third kappa shape index (κ3) is 5.25. The van der Waals surface area contributed by atoms with Gasteiger partial charge in [0.25, 0.3) is 0 Å². The van der Waals surface area contributed by atoms with E-state index in [0.29, 0.717) is 22.1 Å². The number of aryl methyl sites for hydroxylation is 1. The van der Waals surface area contributed by atoms with Crippen LogP contribution >= 0.6 is 15.9 Å². The van der Waals surface area contributed by atoms with Gasteiger partial charge in [0.05, 0.1) is 10.5 Å². The topological polar surface area (TPSA) is 92.4 Å². The molecule has 4 N–H and O–H groups in total. The molecule has 0 amide bonds. The fourth-order valence-electron chi connectivity index (χ4n) is 2.24. The van der Waals surface area contributed by atoms with Gasteiger partial charge in [0, 0.05) is 16.7 Å². The molecule has 0 heterocycles. The summed E-state index contributed by atoms with van der Waals surface area (Å²) in [6.45, 7) is 7.23. The number of benzene rings is 1. The molecule has 0 fully saturated rings. The highest BCUT2D eigenvalue weighted by atomic mass is 79.9. The molecule has 120 valence electrons. The van der Waals surface area contributed by atoms with Crippen LogP contribution in [-0.4, -0.2) is 25.7 Å². The minimum Gasteiger partial charge on any atom is -0.398 e. The van der Waals surface area contributed by atoms with Crippen molar-refractivity contribution in [1.82, 2.24) is 4.72 Å². The second kappa shape index (κ2) is 6.64. The first-order valence-electron chi connectivity index (χ1n) is 6.72. The van der Waals surface area contributed by atoms with Crippen LogP contribution in [0.2, 0.25) is 0 Å². The lowest BCUT2D eigenvalue weighted by Crippen LogP contribution is -2.41. The number of aliphatic hydroxyl groups is 1. The number of nitrogens with one attached hydrogen (secondary N) is 1. The maximum Gasteiger partial charge on any atom is 0.241 e. The van der Waals surface area contributed by atoms with Gasteiger partial charge in [0.2, 0.25) is 10.0 Å². The molecule has 1 aromatic rings. The van der Waals surface area contributed by atoms with Crippen LogP contribution in [0.3, 0.4) is 0 Å². The predicted molar refractivity (Wildman–Crippen MR) is 88.6 cm³/mol. The van der Waals surface area contributed by atoms with Gasteiger partial charge in [-0.3, -0.25) is 0 Å². The first-order chi connectivity index (χ1) is 9.44. The lowest BCUT2D eigenvalue weighted by Gasteiger charge is -2.25. The zero-order chi connectivity index (χ0) is 16.4. The fourth-order valence-corrected chi connectivity index (χ4v) is 4.12. The number of sulfonamides is 1. The molecule has 0 aliphatic carbocycles. The Kier molecular flexibility index (Phi) is 5.83. The summed E-state index contributed by atoms with van der Waals surface area (Å²) < 4.78 is 27.8. The van der Waals surface area contributed by atoms with Gasteiger partial charge in [-0.25, -0.2) is 13.1 Å². The van der Waals surface area contributed by atoms with E-state index in [4.69, 9.17) is 5.73 Å². The second-order valence-corrected chi connectivity index (χ2v) is 8.65. The predicted octanol–water partition coefficient (Wildman–Crippen LogP) is 2.42. The summed E-state index contributed by atoms with van der Waals surface area (Å²) in [5.41, 5.74) is 5.60. The molecule has 0 bridgehead atoms. The SMILES string of the molecule is Cc1cc(Br)c(N)cc1S(=O)(=O)NCC(C)(O)CC(C)C. The van der Waals surface area contributed by atoms with Crippen molar-refractivity contribution in [3.05, 3.63) is 22.2 Å². The standard InChI is InChI=1S/C14H23BrN2O3S/c1-9(2)7-14(4,18)8-17-21(19,20)13-6-12(16)11(15)5-10(13)3/h5-6,9,17-18H,7-8,16H2,1-4H3. The zero-order valence-corrected chi connectivity index (χ0v) is 15.2. The van der Waals surface area contributed by atoms with Gasteiger partial charge < -0.3 is 10.8 Å². The Bertz CT molecular complexity index is 613. The lowest BCUT2D eigenvalue weighted by atomic mass is 9.95. The van der Waals surface area contributed by atoms with Crippen LogP contribution < -0.4 is 10.5 Å². The third-order valence-corrected chi connectivity index (χ3v) is 5.30. The fraction of sp³-hybridized carbons (Fsp3) is 0.571. The van der Waals surface area contributed by atoms with Crippen LogP contribution in [0.5, 0.6) is 0 Å². The van der Waals surface area contributed by atoms with E-state index < -0.39 is 15.6 Å². The Morgan fingerprint density at radius 1 is 1.43 bits per heavy atom. The summed E-state index contributed by atoms with van der Waals surface area (Å²) in [6.07, 6.45) is 0.511. The first-order valence-corrected chi connectivity index (χ1v) is 9.00. The molecule has 1 rings (SSSR count). The van der Waals surface area contributed by atoms with E-state index in [0.717, 1.165) is 0 Å². The van der Waals surface area contributed by atoms with Crippen LogP contribution in [0, 0.1) is 12.8 Å². The number of nitrogen functional groups attached to an aromatic ring is 1. The van der Waals surface area contributed by atoms with Crippen molar-refractivity contribution in [2.24, 2.45) is 5.92 Å². The van der Waals surface area contributed by atoms with Gasteiger partial charge in [-0.05, 0) is 59.8 Å². The normalized spacial score (nSPS) is 15.2. The summed E-state index contributed by atoms with van der Waals surface area (Å²) in [5.74, 6) is 0.273. The Labute approximate surface area is 135 Å². The van der Waals surface area contributed by atoms with Gasteiger partial charge in [0.15, 0.2) is 0 Å². The van der Waals surface area contributed by atoms with E-state index in [-0.39, 0.29) is 17.4 Å². The molecule has 0 radical (unpaired) electrons. The van der Waals surface area contributed by atoms with Crippen molar-refractivity contribution in [2.45, 2.75) is 44.6 Å². The highest BCUT2D eigenvalue weighted by Gasteiger charge is 2.26. The van der Waals surface area contributed by atoms with Gasteiger partial charge in [-0.15, -0.1) is 0 Å². The molecule has 1 aromatic carbocycles. The minimum absolute atomic E-state index is 0.0388. The second-order valence-electron chi connectivity index (χ2n) is 6.06. The van der Waals surface area contributed by atoms with Crippen molar-refractivity contribution in [3.63, 3.8) is 0 Å². The minimum atomic E-state index is -3.71. The molecule has 1 atom stereocenters. The van der Waals surface area contributed by atoms with Crippen molar-refractivity contribution in [1.29, 1.82) is 0 Å². The highest BCUT2D eigenvalue weighted by molar-refractivity contribution is 9.10. The zero-order valence-electron chi connectivity index (χ0n) is 12.8. The molecule has 0 saturated carbocycles. The maximum atomic E-state index is 12.4. The largest absolute Gasteiger partial charge is 0.398 e. The van der Waals surface area contributed by atoms with Crippen molar-refractivity contribution < 1.29 is 13.5 Å². The molecule has 7 heteroatoms. The summed E-state index contributed by atoms with van der Waals surface area (Å²) in [6, 6.07) is 3.08. The summed E-state index contributed by atoms with van der Waals surface area (Å²) >= 11 is 3.26. The molecule has 1 unspecified atom stereocenters. The average Bonchev–Trinajstić information content (AvgIpc) is 2.30. The number of hydrogen-bond donors (Lipinski definition) is 3. The Morgan fingerprint density at radius 3 is 2.52 bits per heavy atom. The van der Waals surface area contributed by atoms with Crippen LogP contribution in [0.1, 0.15) is 32.8 Å². The number of rotatable bonds is 6. The molecule has 0 aliphatic rings. The Balaban J connectivity index is 2.95. The molecule has 21 heavy (non-hydrogen) atoms. The van der Waals surface area contributed by atoms with E-state index >= 15 is 0 Å². The molecule has 0 saturated heterocycles. The third-order valence-electron chi connectivity index (χ3n) is 3.07. The van der Waals surface area contributed by atoms with Crippen LogP contribution in [0.15, 0.2) is 21.5 Å².